The van der Waals surface area contributed by atoms with Crippen molar-refractivity contribution >= 4 is 23.4 Å². The van der Waals surface area contributed by atoms with E-state index < -0.39 is 0 Å². The van der Waals surface area contributed by atoms with Crippen LogP contribution in [0.25, 0.3) is 0 Å². The van der Waals surface area contributed by atoms with Crippen LogP contribution in [0.15, 0.2) is 33.9 Å². The van der Waals surface area contributed by atoms with Crippen molar-refractivity contribution in [1.82, 2.24) is 10.2 Å². The average Bonchev–Trinajstić information content (AvgIpc) is 3.08. The van der Waals surface area contributed by atoms with E-state index >= 15 is 0 Å². The lowest BCUT2D eigenvalue weighted by Gasteiger charge is -2.16. The number of para-hydroxylation sites is 1. The monoisotopic (exact) mass is 335 g/mol. The number of anilines is 1. The molecule has 2 heterocycles. The summed E-state index contributed by atoms with van der Waals surface area (Å²) in [4.78, 5) is 14.0. The summed E-state index contributed by atoms with van der Waals surface area (Å²) in [5.74, 6) is 0.0197. The number of rotatable bonds is 3. The molecule has 0 aliphatic carbocycles. The van der Waals surface area contributed by atoms with E-state index in [-0.39, 0.29) is 22.4 Å². The molecule has 1 saturated heterocycles. The number of hydrogen-bond donors (Lipinski definition) is 0. The van der Waals surface area contributed by atoms with Crippen LogP contribution in [0.4, 0.5) is 10.1 Å². The zero-order chi connectivity index (χ0) is 16.6. The molecule has 122 valence electrons. The molecule has 5 nitrogen and oxygen atoms in total. The predicted molar refractivity (Wildman–Crippen MR) is 86.0 cm³/mol. The summed E-state index contributed by atoms with van der Waals surface area (Å²) >= 11 is 1.25. The third-order valence-corrected chi connectivity index (χ3v) is 4.68. The number of carbonyl (C=O) groups excluding carboxylic acids is 1. The maximum Gasteiger partial charge on any atom is 0.277 e. The van der Waals surface area contributed by atoms with Gasteiger partial charge in [-0.1, -0.05) is 44.7 Å². The Morgan fingerprint density at radius 3 is 2.70 bits per heavy atom. The summed E-state index contributed by atoms with van der Waals surface area (Å²) in [7, 11) is 0. The van der Waals surface area contributed by atoms with E-state index in [2.05, 4.69) is 10.2 Å². The maximum atomic E-state index is 13.9. The molecule has 0 N–H and O–H groups in total. The van der Waals surface area contributed by atoms with Gasteiger partial charge in [-0.3, -0.25) is 4.79 Å². The first-order valence-corrected chi connectivity index (χ1v) is 8.31. The van der Waals surface area contributed by atoms with Crippen molar-refractivity contribution in [2.45, 2.75) is 43.1 Å². The van der Waals surface area contributed by atoms with E-state index in [4.69, 9.17) is 4.42 Å². The van der Waals surface area contributed by atoms with E-state index in [1.165, 1.54) is 22.7 Å². The Morgan fingerprint density at radius 2 is 2.04 bits per heavy atom. The van der Waals surface area contributed by atoms with Crippen molar-refractivity contribution in [3.63, 3.8) is 0 Å². The lowest BCUT2D eigenvalue weighted by molar-refractivity contribution is -0.116. The fraction of sp³-hybridized carbons (Fsp3) is 0.438. The Morgan fingerprint density at radius 1 is 1.30 bits per heavy atom. The minimum atomic E-state index is -0.390. The first-order valence-electron chi connectivity index (χ1n) is 7.43. The first kappa shape index (κ1) is 16.0. The number of halogens is 1. The standard InChI is InChI=1S/C16H18FN3O2S/c1-16(2,3)14-18-19-15(22-14)23-12-8-9-20(13(12)21)11-7-5-4-6-10(11)17/h4-7,12H,8-9H2,1-3H3. The van der Waals surface area contributed by atoms with Crippen LogP contribution in [0.1, 0.15) is 33.1 Å². The SMILES string of the molecule is CC(C)(C)c1nnc(SC2CCN(c3ccccc3F)C2=O)o1. The molecule has 0 spiro atoms. The average molecular weight is 335 g/mol. The van der Waals surface area contributed by atoms with Crippen molar-refractivity contribution < 1.29 is 13.6 Å². The number of amides is 1. The zero-order valence-electron chi connectivity index (χ0n) is 13.2. The Labute approximate surface area is 138 Å². The molecule has 1 aromatic carbocycles. The molecule has 7 heteroatoms. The fourth-order valence-corrected chi connectivity index (χ4v) is 3.26. The molecule has 1 aliphatic rings. The fourth-order valence-electron chi connectivity index (χ4n) is 2.36. The summed E-state index contributed by atoms with van der Waals surface area (Å²) < 4.78 is 19.5. The summed E-state index contributed by atoms with van der Waals surface area (Å²) in [6.45, 7) is 6.43. The van der Waals surface area contributed by atoms with Crippen molar-refractivity contribution in [1.29, 1.82) is 0 Å². The molecule has 1 amide bonds. The molecule has 0 radical (unpaired) electrons. The topological polar surface area (TPSA) is 59.2 Å². The van der Waals surface area contributed by atoms with Gasteiger partial charge in [0.15, 0.2) is 0 Å². The highest BCUT2D eigenvalue weighted by molar-refractivity contribution is 8.00. The van der Waals surface area contributed by atoms with Gasteiger partial charge in [-0.05, 0) is 18.6 Å². The lowest BCUT2D eigenvalue weighted by atomic mass is 9.97. The van der Waals surface area contributed by atoms with Gasteiger partial charge in [0.25, 0.3) is 5.22 Å². The third kappa shape index (κ3) is 3.24. The minimum Gasteiger partial charge on any atom is -0.415 e. The number of aromatic nitrogens is 2. The van der Waals surface area contributed by atoms with E-state index in [1.807, 2.05) is 20.8 Å². The van der Waals surface area contributed by atoms with Gasteiger partial charge >= 0.3 is 0 Å². The highest BCUT2D eigenvalue weighted by Gasteiger charge is 2.36. The van der Waals surface area contributed by atoms with Crippen molar-refractivity contribution in [3.05, 3.63) is 36.0 Å². The number of thioether (sulfide) groups is 1. The quantitative estimate of drug-likeness (QED) is 0.860. The summed E-state index contributed by atoms with van der Waals surface area (Å²) in [5, 5.41) is 8.07. The van der Waals surface area contributed by atoms with Crippen LogP contribution in [0.3, 0.4) is 0 Å². The number of nitrogens with zero attached hydrogens (tertiary/aromatic N) is 3. The lowest BCUT2D eigenvalue weighted by Crippen LogP contribution is -2.28. The zero-order valence-corrected chi connectivity index (χ0v) is 14.1. The number of carbonyl (C=O) groups is 1. The van der Waals surface area contributed by atoms with Crippen LogP contribution in [-0.4, -0.2) is 27.9 Å². The van der Waals surface area contributed by atoms with Gasteiger partial charge in [-0.25, -0.2) is 4.39 Å². The predicted octanol–water partition coefficient (Wildman–Crippen LogP) is 3.40. The van der Waals surface area contributed by atoms with Crippen LogP contribution in [0.5, 0.6) is 0 Å². The van der Waals surface area contributed by atoms with Crippen LogP contribution in [0, 0.1) is 5.82 Å². The molecule has 1 aromatic heterocycles. The van der Waals surface area contributed by atoms with Crippen molar-refractivity contribution in [2.75, 3.05) is 11.4 Å². The second-order valence-corrected chi connectivity index (χ2v) is 7.61. The van der Waals surface area contributed by atoms with Crippen LogP contribution in [-0.2, 0) is 10.2 Å². The van der Waals surface area contributed by atoms with Crippen LogP contribution in [0.2, 0.25) is 0 Å². The smallest absolute Gasteiger partial charge is 0.277 e. The largest absolute Gasteiger partial charge is 0.415 e. The molecule has 2 aromatic rings. The van der Waals surface area contributed by atoms with E-state index in [1.54, 1.807) is 18.2 Å². The van der Waals surface area contributed by atoms with Gasteiger partial charge in [0.1, 0.15) is 5.82 Å². The Hall–Kier alpha value is -1.89. The van der Waals surface area contributed by atoms with Gasteiger partial charge in [0.2, 0.25) is 11.8 Å². The highest BCUT2D eigenvalue weighted by atomic mass is 32.2. The number of benzene rings is 1. The van der Waals surface area contributed by atoms with E-state index in [9.17, 15) is 9.18 Å². The van der Waals surface area contributed by atoms with Crippen molar-refractivity contribution in [2.24, 2.45) is 0 Å². The molecule has 23 heavy (non-hydrogen) atoms. The molecule has 1 unspecified atom stereocenters. The summed E-state index contributed by atoms with van der Waals surface area (Å²) in [6.07, 6.45) is 0.616. The molecule has 0 bridgehead atoms. The van der Waals surface area contributed by atoms with E-state index in [0.717, 1.165) is 0 Å². The van der Waals surface area contributed by atoms with Gasteiger partial charge in [0, 0.05) is 12.0 Å². The van der Waals surface area contributed by atoms with Crippen LogP contribution < -0.4 is 4.90 Å². The van der Waals surface area contributed by atoms with Gasteiger partial charge in [-0.2, -0.15) is 0 Å². The van der Waals surface area contributed by atoms with Gasteiger partial charge < -0.3 is 9.32 Å². The third-order valence-electron chi connectivity index (χ3n) is 3.59. The number of hydrogen-bond acceptors (Lipinski definition) is 5. The molecule has 1 fully saturated rings. The summed E-state index contributed by atoms with van der Waals surface area (Å²) in [5.41, 5.74) is 0.0894. The van der Waals surface area contributed by atoms with Crippen molar-refractivity contribution in [3.8, 4) is 0 Å². The molecule has 0 saturated carbocycles. The molecule has 1 aliphatic heterocycles. The normalized spacial score (nSPS) is 18.7. The molecular weight excluding hydrogens is 317 g/mol. The Balaban J connectivity index is 1.73. The Bertz CT molecular complexity index is 726. The molecule has 1 atom stereocenters. The first-order chi connectivity index (χ1) is 10.9. The minimum absolute atomic E-state index is 0.129. The van der Waals surface area contributed by atoms with Gasteiger partial charge in [-0.15, -0.1) is 10.2 Å². The highest BCUT2D eigenvalue weighted by Crippen LogP contribution is 2.34. The second kappa shape index (κ2) is 5.96. The molecular formula is C16H18FN3O2S. The Kier molecular flexibility index (Phi) is 4.14. The second-order valence-electron chi connectivity index (χ2n) is 6.46. The summed E-state index contributed by atoms with van der Waals surface area (Å²) in [6, 6.07) is 6.30. The maximum absolute atomic E-state index is 13.9. The van der Waals surface area contributed by atoms with Gasteiger partial charge in [0.05, 0.1) is 10.9 Å². The van der Waals surface area contributed by atoms with E-state index in [0.29, 0.717) is 29.8 Å². The van der Waals surface area contributed by atoms with Crippen LogP contribution >= 0.6 is 11.8 Å². The molecule has 3 rings (SSSR count).